The van der Waals surface area contributed by atoms with Crippen LogP contribution in [0.3, 0.4) is 0 Å². The van der Waals surface area contributed by atoms with Gasteiger partial charge in [-0.15, -0.1) is 0 Å². The van der Waals surface area contributed by atoms with Crippen LogP contribution in [0.5, 0.6) is 0 Å². The van der Waals surface area contributed by atoms with E-state index in [1.165, 1.54) is 12.1 Å². The van der Waals surface area contributed by atoms with Crippen LogP contribution >= 0.6 is 27.5 Å². The van der Waals surface area contributed by atoms with E-state index < -0.39 is 5.82 Å². The molecule has 3 nitrogen and oxygen atoms in total. The Morgan fingerprint density at radius 3 is 2.71 bits per heavy atom. The predicted molar refractivity (Wildman–Crippen MR) is 87.4 cm³/mol. The SMILES string of the molecule is Cc1cc(Br)c(NCC(=O)Nc2ccccc2F)cc1Cl. The molecule has 2 N–H and O–H groups in total. The summed E-state index contributed by atoms with van der Waals surface area (Å²) in [4.78, 5) is 11.8. The standard InChI is InChI=1S/C15H13BrClFN2O/c1-9-6-10(16)14(7-11(9)17)19-8-15(21)20-13-5-3-2-4-12(13)18/h2-7,19H,8H2,1H3,(H,20,21). The van der Waals surface area contributed by atoms with Crippen LogP contribution in [0.2, 0.25) is 5.02 Å². The van der Waals surface area contributed by atoms with Gasteiger partial charge in [-0.05, 0) is 52.7 Å². The van der Waals surface area contributed by atoms with Crippen molar-refractivity contribution >= 4 is 44.8 Å². The number of aryl methyl sites for hydroxylation is 1. The predicted octanol–water partition coefficient (Wildman–Crippen LogP) is 4.60. The first-order chi connectivity index (χ1) is 9.97. The van der Waals surface area contributed by atoms with Crippen LogP contribution in [0.1, 0.15) is 5.56 Å². The summed E-state index contributed by atoms with van der Waals surface area (Å²) in [7, 11) is 0. The van der Waals surface area contributed by atoms with E-state index in [-0.39, 0.29) is 18.1 Å². The third-order valence-corrected chi connectivity index (χ3v) is 3.90. The fraction of sp³-hybridized carbons (Fsp3) is 0.133. The van der Waals surface area contributed by atoms with Gasteiger partial charge in [-0.2, -0.15) is 0 Å². The average molecular weight is 372 g/mol. The number of benzene rings is 2. The number of amides is 1. The third-order valence-electron chi connectivity index (χ3n) is 2.84. The summed E-state index contributed by atoms with van der Waals surface area (Å²) in [5.41, 5.74) is 1.80. The Morgan fingerprint density at radius 1 is 1.29 bits per heavy atom. The number of carbonyl (C=O) groups is 1. The molecular weight excluding hydrogens is 359 g/mol. The van der Waals surface area contributed by atoms with E-state index in [0.717, 1.165) is 10.0 Å². The normalized spacial score (nSPS) is 10.3. The van der Waals surface area contributed by atoms with Crippen molar-refractivity contribution in [3.8, 4) is 0 Å². The van der Waals surface area contributed by atoms with Crippen LogP contribution in [0.4, 0.5) is 15.8 Å². The zero-order valence-corrected chi connectivity index (χ0v) is 13.6. The maximum absolute atomic E-state index is 13.4. The minimum atomic E-state index is -0.467. The summed E-state index contributed by atoms with van der Waals surface area (Å²) in [5.74, 6) is -0.811. The summed E-state index contributed by atoms with van der Waals surface area (Å²) in [6, 6.07) is 9.61. The Balaban J connectivity index is 1.99. The van der Waals surface area contributed by atoms with E-state index in [2.05, 4.69) is 26.6 Å². The maximum Gasteiger partial charge on any atom is 0.243 e. The number of rotatable bonds is 4. The molecule has 0 aromatic heterocycles. The van der Waals surface area contributed by atoms with E-state index in [1.807, 2.05) is 13.0 Å². The second kappa shape index (κ2) is 6.91. The summed E-state index contributed by atoms with van der Waals surface area (Å²) < 4.78 is 14.2. The molecule has 6 heteroatoms. The molecule has 0 aliphatic rings. The Morgan fingerprint density at radius 2 is 2.00 bits per heavy atom. The smallest absolute Gasteiger partial charge is 0.243 e. The molecule has 2 rings (SSSR count). The van der Waals surface area contributed by atoms with Crippen molar-refractivity contribution in [1.82, 2.24) is 0 Å². The van der Waals surface area contributed by atoms with Crippen molar-refractivity contribution in [3.63, 3.8) is 0 Å². The summed E-state index contributed by atoms with van der Waals surface area (Å²) in [5, 5.41) is 6.06. The van der Waals surface area contributed by atoms with Gasteiger partial charge in [-0.3, -0.25) is 4.79 Å². The average Bonchev–Trinajstić information content (AvgIpc) is 2.44. The number of hydrogen-bond donors (Lipinski definition) is 2. The highest BCUT2D eigenvalue weighted by Crippen LogP contribution is 2.29. The minimum absolute atomic E-state index is 0.00627. The molecule has 0 radical (unpaired) electrons. The number of hydrogen-bond acceptors (Lipinski definition) is 2. The van der Waals surface area contributed by atoms with Crippen LogP contribution in [0.15, 0.2) is 40.9 Å². The lowest BCUT2D eigenvalue weighted by Gasteiger charge is -2.11. The topological polar surface area (TPSA) is 41.1 Å². The number of carbonyl (C=O) groups excluding carboxylic acids is 1. The number of anilines is 2. The number of nitrogens with one attached hydrogen (secondary N) is 2. The van der Waals surface area contributed by atoms with E-state index in [0.29, 0.717) is 10.7 Å². The molecule has 0 unspecified atom stereocenters. The minimum Gasteiger partial charge on any atom is -0.375 e. The lowest BCUT2D eigenvalue weighted by molar-refractivity contribution is -0.114. The zero-order chi connectivity index (χ0) is 15.4. The van der Waals surface area contributed by atoms with E-state index in [9.17, 15) is 9.18 Å². The van der Waals surface area contributed by atoms with Crippen LogP contribution in [-0.4, -0.2) is 12.5 Å². The second-order valence-electron chi connectivity index (χ2n) is 4.46. The van der Waals surface area contributed by atoms with Crippen molar-refractivity contribution < 1.29 is 9.18 Å². The highest BCUT2D eigenvalue weighted by atomic mass is 79.9. The molecule has 0 atom stereocenters. The Labute approximate surface area is 135 Å². The van der Waals surface area contributed by atoms with Gasteiger partial charge in [0, 0.05) is 9.50 Å². The Kier molecular flexibility index (Phi) is 5.20. The molecule has 1 amide bonds. The van der Waals surface area contributed by atoms with Crippen LogP contribution in [0, 0.1) is 12.7 Å². The van der Waals surface area contributed by atoms with E-state index >= 15 is 0 Å². The zero-order valence-electron chi connectivity index (χ0n) is 11.2. The van der Waals surface area contributed by atoms with Crippen molar-refractivity contribution in [2.24, 2.45) is 0 Å². The molecule has 0 saturated heterocycles. The first-order valence-electron chi connectivity index (χ1n) is 6.21. The molecule has 2 aromatic carbocycles. The van der Waals surface area contributed by atoms with Gasteiger partial charge in [0.15, 0.2) is 0 Å². The van der Waals surface area contributed by atoms with Gasteiger partial charge >= 0.3 is 0 Å². The first-order valence-corrected chi connectivity index (χ1v) is 7.38. The molecule has 21 heavy (non-hydrogen) atoms. The van der Waals surface area contributed by atoms with Crippen molar-refractivity contribution in [3.05, 3.63) is 57.3 Å². The van der Waals surface area contributed by atoms with Crippen LogP contribution < -0.4 is 10.6 Å². The van der Waals surface area contributed by atoms with Gasteiger partial charge in [-0.25, -0.2) is 4.39 Å². The fourth-order valence-corrected chi connectivity index (χ4v) is 2.48. The van der Waals surface area contributed by atoms with E-state index in [4.69, 9.17) is 11.6 Å². The largest absolute Gasteiger partial charge is 0.375 e. The summed E-state index contributed by atoms with van der Waals surface area (Å²) in [6.45, 7) is 1.90. The summed E-state index contributed by atoms with van der Waals surface area (Å²) in [6.07, 6.45) is 0. The molecule has 0 heterocycles. The molecule has 0 spiro atoms. The van der Waals surface area contributed by atoms with Gasteiger partial charge in [0.25, 0.3) is 0 Å². The highest BCUT2D eigenvalue weighted by Gasteiger charge is 2.08. The maximum atomic E-state index is 13.4. The number of para-hydroxylation sites is 1. The molecule has 2 aromatic rings. The van der Waals surface area contributed by atoms with Gasteiger partial charge in [0.1, 0.15) is 5.82 Å². The lowest BCUT2D eigenvalue weighted by Crippen LogP contribution is -2.22. The summed E-state index contributed by atoms with van der Waals surface area (Å²) >= 11 is 9.44. The van der Waals surface area contributed by atoms with Crippen LogP contribution in [-0.2, 0) is 4.79 Å². The quantitative estimate of drug-likeness (QED) is 0.824. The van der Waals surface area contributed by atoms with Crippen molar-refractivity contribution in [1.29, 1.82) is 0 Å². The number of halogens is 3. The molecule has 0 aliphatic heterocycles. The van der Waals surface area contributed by atoms with Gasteiger partial charge in [0.05, 0.1) is 17.9 Å². The van der Waals surface area contributed by atoms with Crippen LogP contribution in [0.25, 0.3) is 0 Å². The fourth-order valence-electron chi connectivity index (χ4n) is 1.71. The van der Waals surface area contributed by atoms with Gasteiger partial charge in [-0.1, -0.05) is 23.7 Å². The van der Waals surface area contributed by atoms with Gasteiger partial charge < -0.3 is 10.6 Å². The van der Waals surface area contributed by atoms with Gasteiger partial charge in [0.2, 0.25) is 5.91 Å². The Hall–Kier alpha value is -1.59. The molecule has 110 valence electrons. The molecule has 0 aliphatic carbocycles. The Bertz CT molecular complexity index is 679. The van der Waals surface area contributed by atoms with Crippen molar-refractivity contribution in [2.75, 3.05) is 17.2 Å². The highest BCUT2D eigenvalue weighted by molar-refractivity contribution is 9.10. The second-order valence-corrected chi connectivity index (χ2v) is 5.72. The molecule has 0 saturated carbocycles. The van der Waals surface area contributed by atoms with E-state index in [1.54, 1.807) is 18.2 Å². The lowest BCUT2D eigenvalue weighted by atomic mass is 10.2. The monoisotopic (exact) mass is 370 g/mol. The first kappa shape index (κ1) is 15.8. The molecular formula is C15H13BrClFN2O. The molecule has 0 bridgehead atoms. The molecule has 0 fully saturated rings. The van der Waals surface area contributed by atoms with Crippen molar-refractivity contribution in [2.45, 2.75) is 6.92 Å². The third kappa shape index (κ3) is 4.19.